The van der Waals surface area contributed by atoms with Gasteiger partial charge in [-0.15, -0.1) is 0 Å². The van der Waals surface area contributed by atoms with Crippen molar-refractivity contribution in [3.63, 3.8) is 0 Å². The molecule has 0 amide bonds. The summed E-state index contributed by atoms with van der Waals surface area (Å²) >= 11 is 0. The Morgan fingerprint density at radius 2 is 1.86 bits per heavy atom. The van der Waals surface area contributed by atoms with Crippen LogP contribution in [0.15, 0.2) is 48.5 Å². The zero-order valence-electron chi connectivity index (χ0n) is 15.7. The number of rotatable bonds is 5. The van der Waals surface area contributed by atoms with Gasteiger partial charge in [0.25, 0.3) is 5.69 Å². The molecule has 0 spiro atoms. The number of hydrogen-bond donors (Lipinski definition) is 0. The van der Waals surface area contributed by atoms with Crippen molar-refractivity contribution < 1.29 is 23.9 Å². The van der Waals surface area contributed by atoms with E-state index in [9.17, 15) is 14.9 Å². The molecule has 0 bridgehead atoms. The van der Waals surface area contributed by atoms with Crippen LogP contribution >= 0.6 is 0 Å². The molecule has 0 N–H and O–H groups in total. The van der Waals surface area contributed by atoms with Gasteiger partial charge in [-0.3, -0.25) is 10.1 Å². The lowest BCUT2D eigenvalue weighted by atomic mass is 9.74. The molecule has 1 aliphatic carbocycles. The first-order valence-corrected chi connectivity index (χ1v) is 9.20. The Balaban J connectivity index is 1.58. The van der Waals surface area contributed by atoms with Crippen molar-refractivity contribution in [2.75, 3.05) is 7.11 Å². The summed E-state index contributed by atoms with van der Waals surface area (Å²) in [6, 6.07) is 13.1. The maximum atomic E-state index is 12.7. The third kappa shape index (κ3) is 2.82. The molecule has 1 heterocycles. The van der Waals surface area contributed by atoms with Gasteiger partial charge < -0.3 is 14.2 Å². The Labute approximate surface area is 162 Å². The van der Waals surface area contributed by atoms with E-state index in [0.717, 1.165) is 24.2 Å². The number of epoxide rings is 1. The molecule has 0 radical (unpaired) electrons. The first-order chi connectivity index (χ1) is 13.4. The summed E-state index contributed by atoms with van der Waals surface area (Å²) in [6.07, 6.45) is 2.06. The fraction of sp³-hybridized carbons (Fsp3) is 0.381. The number of nitrogens with zero attached hydrogens (tertiary/aromatic N) is 1. The maximum Gasteiger partial charge on any atom is 0.338 e. The fourth-order valence-electron chi connectivity index (χ4n) is 4.25. The molecule has 1 saturated heterocycles. The number of esters is 1. The Bertz CT molecular complexity index is 909. The molecule has 146 valence electrons. The number of carbonyl (C=O) groups is 1. The van der Waals surface area contributed by atoms with Crippen LogP contribution in [0.3, 0.4) is 0 Å². The number of benzene rings is 2. The van der Waals surface area contributed by atoms with Gasteiger partial charge in [0.1, 0.15) is 17.5 Å². The molecule has 28 heavy (non-hydrogen) atoms. The number of hydrogen-bond acceptors (Lipinski definition) is 6. The van der Waals surface area contributed by atoms with Crippen LogP contribution < -0.4 is 4.74 Å². The van der Waals surface area contributed by atoms with Crippen LogP contribution in [0.1, 0.15) is 42.1 Å². The van der Waals surface area contributed by atoms with E-state index in [4.69, 9.17) is 14.2 Å². The first-order valence-electron chi connectivity index (χ1n) is 9.20. The molecular formula is C21H21NO6. The number of nitro groups is 1. The average Bonchev–Trinajstić information content (AvgIpc) is 3.36. The molecule has 1 aliphatic heterocycles. The maximum absolute atomic E-state index is 12.7. The van der Waals surface area contributed by atoms with E-state index in [0.29, 0.717) is 6.42 Å². The number of non-ortho nitro benzene ring substituents is 1. The predicted molar refractivity (Wildman–Crippen MR) is 100 cm³/mol. The van der Waals surface area contributed by atoms with Crippen molar-refractivity contribution in [2.45, 2.75) is 43.5 Å². The Hall–Kier alpha value is -2.93. The van der Waals surface area contributed by atoms with Gasteiger partial charge in [-0.25, -0.2) is 4.79 Å². The third-order valence-electron chi connectivity index (χ3n) is 5.79. The van der Waals surface area contributed by atoms with E-state index >= 15 is 0 Å². The van der Waals surface area contributed by atoms with Crippen molar-refractivity contribution >= 4 is 11.7 Å². The summed E-state index contributed by atoms with van der Waals surface area (Å²) < 4.78 is 17.3. The quantitative estimate of drug-likeness (QED) is 0.335. The van der Waals surface area contributed by atoms with E-state index in [1.165, 1.54) is 24.3 Å². The minimum Gasteiger partial charge on any atom is -0.497 e. The van der Waals surface area contributed by atoms with E-state index in [-0.39, 0.29) is 16.9 Å². The zero-order chi connectivity index (χ0) is 19.9. The minimum absolute atomic E-state index is 0.0676. The van der Waals surface area contributed by atoms with Crippen LogP contribution in [0.2, 0.25) is 0 Å². The second kappa shape index (κ2) is 6.60. The highest BCUT2D eigenvalue weighted by atomic mass is 16.7. The van der Waals surface area contributed by atoms with Gasteiger partial charge in [-0.05, 0) is 56.0 Å². The molecule has 0 unspecified atom stereocenters. The van der Waals surface area contributed by atoms with Gasteiger partial charge in [0.15, 0.2) is 5.60 Å². The molecule has 0 aromatic heterocycles. The summed E-state index contributed by atoms with van der Waals surface area (Å²) in [7, 11) is 1.61. The molecule has 4 rings (SSSR count). The number of ether oxygens (including phenoxy) is 3. The standard InChI is InChI=1S/C21H21NO6/c1-20-13-3-4-18(21(20,28-20)15-7-11-17(26-2)12-8-15)27-19(23)14-5-9-16(10-6-14)22(24)25/h5-12,18H,3-4,13H2,1-2H3/t18-,20-,21+/m0/s1. The van der Waals surface area contributed by atoms with Crippen molar-refractivity contribution in [1.82, 2.24) is 0 Å². The smallest absolute Gasteiger partial charge is 0.338 e. The molecule has 7 nitrogen and oxygen atoms in total. The number of nitro benzene ring substituents is 1. The summed E-state index contributed by atoms with van der Waals surface area (Å²) in [6.45, 7) is 2.04. The lowest BCUT2D eigenvalue weighted by Gasteiger charge is -2.31. The van der Waals surface area contributed by atoms with Crippen LogP contribution in [0, 0.1) is 10.1 Å². The zero-order valence-corrected chi connectivity index (χ0v) is 15.7. The number of fused-ring (bicyclic) bond motifs is 1. The molecule has 7 heteroatoms. The van der Waals surface area contributed by atoms with Crippen molar-refractivity contribution in [2.24, 2.45) is 0 Å². The van der Waals surface area contributed by atoms with E-state index in [1.54, 1.807) is 7.11 Å². The first kappa shape index (κ1) is 18.4. The van der Waals surface area contributed by atoms with Crippen LogP contribution in [-0.2, 0) is 15.1 Å². The summed E-state index contributed by atoms with van der Waals surface area (Å²) in [5.41, 5.74) is 0.122. The van der Waals surface area contributed by atoms with Gasteiger partial charge in [0.2, 0.25) is 0 Å². The molecule has 2 aromatic carbocycles. The lowest BCUT2D eigenvalue weighted by Crippen LogP contribution is -2.41. The Kier molecular flexibility index (Phi) is 4.34. The summed E-state index contributed by atoms with van der Waals surface area (Å²) in [5, 5.41) is 10.8. The third-order valence-corrected chi connectivity index (χ3v) is 5.79. The van der Waals surface area contributed by atoms with Crippen LogP contribution in [0.25, 0.3) is 0 Å². The van der Waals surface area contributed by atoms with Gasteiger partial charge in [0.05, 0.1) is 17.6 Å². The number of methoxy groups -OCH3 is 1. The Morgan fingerprint density at radius 1 is 1.18 bits per heavy atom. The molecule has 2 aliphatic rings. The largest absolute Gasteiger partial charge is 0.497 e. The van der Waals surface area contributed by atoms with Crippen molar-refractivity contribution in [1.29, 1.82) is 0 Å². The van der Waals surface area contributed by atoms with Crippen LogP contribution in [-0.4, -0.2) is 29.7 Å². The second-order valence-corrected chi connectivity index (χ2v) is 7.39. The highest BCUT2D eigenvalue weighted by Crippen LogP contribution is 2.64. The predicted octanol–water partition coefficient (Wildman–Crippen LogP) is 4.00. The van der Waals surface area contributed by atoms with Crippen molar-refractivity contribution in [3.05, 3.63) is 69.8 Å². The van der Waals surface area contributed by atoms with Gasteiger partial charge >= 0.3 is 5.97 Å². The normalized spacial score (nSPS) is 28.1. The monoisotopic (exact) mass is 383 g/mol. The average molecular weight is 383 g/mol. The van der Waals surface area contributed by atoms with Crippen molar-refractivity contribution in [3.8, 4) is 5.75 Å². The minimum atomic E-state index is -0.673. The molecular weight excluding hydrogens is 362 g/mol. The summed E-state index contributed by atoms with van der Waals surface area (Å²) in [5.74, 6) is 0.241. The fourth-order valence-corrected chi connectivity index (χ4v) is 4.25. The second-order valence-electron chi connectivity index (χ2n) is 7.39. The molecule has 3 atom stereocenters. The van der Waals surface area contributed by atoms with Gasteiger partial charge in [-0.2, -0.15) is 0 Å². The van der Waals surface area contributed by atoms with Gasteiger partial charge in [0, 0.05) is 12.1 Å². The highest BCUT2D eigenvalue weighted by Gasteiger charge is 2.74. The van der Waals surface area contributed by atoms with Gasteiger partial charge in [-0.1, -0.05) is 12.1 Å². The van der Waals surface area contributed by atoms with Crippen LogP contribution in [0.5, 0.6) is 5.75 Å². The van der Waals surface area contributed by atoms with Crippen LogP contribution in [0.4, 0.5) is 5.69 Å². The van der Waals surface area contributed by atoms with E-state index < -0.39 is 22.6 Å². The Morgan fingerprint density at radius 3 is 2.46 bits per heavy atom. The molecule has 2 aromatic rings. The topological polar surface area (TPSA) is 91.2 Å². The number of carbonyl (C=O) groups excluding carboxylic acids is 1. The highest BCUT2D eigenvalue weighted by molar-refractivity contribution is 5.89. The molecule has 1 saturated carbocycles. The lowest BCUT2D eigenvalue weighted by molar-refractivity contribution is -0.384. The SMILES string of the molecule is COc1ccc([C@]23O[C@@]2(C)CCC[C@@H]3OC(=O)c2ccc([N+](=O)[O-])cc2)cc1. The molecule has 2 fully saturated rings. The van der Waals surface area contributed by atoms with E-state index in [1.807, 2.05) is 31.2 Å². The summed E-state index contributed by atoms with van der Waals surface area (Å²) in [4.78, 5) is 23.0. The van der Waals surface area contributed by atoms with E-state index in [2.05, 4.69) is 0 Å².